The standard InChI is InChI=1S/C14H21NO5/c1-4-18-13(19-5-2)9-10-20-14-11(3)7-6-8-12(14)15(16)17/h6-8,13H,4-5,9-10H2,1-3H3. The summed E-state index contributed by atoms with van der Waals surface area (Å²) in [5, 5.41) is 11.0. The van der Waals surface area contributed by atoms with Crippen molar-refractivity contribution in [3.05, 3.63) is 33.9 Å². The van der Waals surface area contributed by atoms with Gasteiger partial charge in [-0.15, -0.1) is 0 Å². The van der Waals surface area contributed by atoms with Gasteiger partial charge in [0.2, 0.25) is 0 Å². The summed E-state index contributed by atoms with van der Waals surface area (Å²) in [7, 11) is 0. The number of nitro groups is 1. The van der Waals surface area contributed by atoms with E-state index in [1.165, 1.54) is 6.07 Å². The first-order valence-electron chi connectivity index (χ1n) is 6.70. The number of aryl methyl sites for hydroxylation is 1. The molecular weight excluding hydrogens is 262 g/mol. The van der Waals surface area contributed by atoms with Gasteiger partial charge in [-0.2, -0.15) is 0 Å². The van der Waals surface area contributed by atoms with Crippen molar-refractivity contribution in [3.63, 3.8) is 0 Å². The molecule has 112 valence electrons. The third kappa shape index (κ3) is 4.79. The first-order chi connectivity index (χ1) is 9.60. The van der Waals surface area contributed by atoms with Gasteiger partial charge in [0, 0.05) is 25.7 Å². The minimum Gasteiger partial charge on any atom is -0.486 e. The normalized spacial score (nSPS) is 10.8. The van der Waals surface area contributed by atoms with Crippen LogP contribution in [0.15, 0.2) is 18.2 Å². The van der Waals surface area contributed by atoms with E-state index in [1.807, 2.05) is 13.8 Å². The Morgan fingerprint density at radius 1 is 1.25 bits per heavy atom. The summed E-state index contributed by atoms with van der Waals surface area (Å²) in [5.41, 5.74) is 0.720. The number of rotatable bonds is 9. The lowest BCUT2D eigenvalue weighted by molar-refractivity contribution is -0.386. The van der Waals surface area contributed by atoms with Crippen LogP contribution in [0.25, 0.3) is 0 Å². The number of hydrogen-bond donors (Lipinski definition) is 0. The Labute approximate surface area is 118 Å². The molecule has 0 saturated heterocycles. The monoisotopic (exact) mass is 283 g/mol. The van der Waals surface area contributed by atoms with Gasteiger partial charge in [-0.1, -0.05) is 12.1 Å². The minimum absolute atomic E-state index is 0.0191. The van der Waals surface area contributed by atoms with E-state index in [2.05, 4.69) is 0 Å². The van der Waals surface area contributed by atoms with E-state index in [-0.39, 0.29) is 12.0 Å². The second-order valence-corrected chi connectivity index (χ2v) is 4.16. The molecule has 0 fully saturated rings. The van der Waals surface area contributed by atoms with Crippen molar-refractivity contribution in [2.75, 3.05) is 19.8 Å². The second-order valence-electron chi connectivity index (χ2n) is 4.16. The number of para-hydroxylation sites is 1. The fraction of sp³-hybridized carbons (Fsp3) is 0.571. The molecule has 6 heteroatoms. The van der Waals surface area contributed by atoms with Crippen LogP contribution in [-0.2, 0) is 9.47 Å². The second kappa shape index (κ2) is 8.50. The summed E-state index contributed by atoms with van der Waals surface area (Å²) < 4.78 is 16.3. The van der Waals surface area contributed by atoms with Crippen molar-refractivity contribution in [1.82, 2.24) is 0 Å². The average Bonchev–Trinajstić information content (AvgIpc) is 2.40. The molecule has 0 N–H and O–H groups in total. The molecule has 0 aliphatic rings. The third-order valence-electron chi connectivity index (χ3n) is 2.69. The molecule has 0 heterocycles. The van der Waals surface area contributed by atoms with Crippen LogP contribution in [0.1, 0.15) is 25.8 Å². The fourth-order valence-electron chi connectivity index (χ4n) is 1.81. The first kappa shape index (κ1) is 16.4. The molecule has 0 spiro atoms. The summed E-state index contributed by atoms with van der Waals surface area (Å²) in [6.07, 6.45) is 0.181. The van der Waals surface area contributed by atoms with Crippen molar-refractivity contribution in [2.45, 2.75) is 33.5 Å². The molecule has 1 rings (SSSR count). The Kier molecular flexibility index (Phi) is 6.97. The van der Waals surface area contributed by atoms with E-state index in [1.54, 1.807) is 19.1 Å². The van der Waals surface area contributed by atoms with E-state index < -0.39 is 4.92 Å². The molecule has 0 atom stereocenters. The zero-order valence-electron chi connectivity index (χ0n) is 12.1. The third-order valence-corrected chi connectivity index (χ3v) is 2.69. The smallest absolute Gasteiger partial charge is 0.311 e. The van der Waals surface area contributed by atoms with Crippen molar-refractivity contribution >= 4 is 5.69 Å². The number of benzene rings is 1. The highest BCUT2D eigenvalue weighted by Gasteiger charge is 2.17. The maximum Gasteiger partial charge on any atom is 0.311 e. The molecule has 0 aliphatic heterocycles. The molecule has 1 aromatic rings. The molecule has 0 amide bonds. The maximum absolute atomic E-state index is 11.0. The molecule has 0 bridgehead atoms. The molecular formula is C14H21NO5. The Balaban J connectivity index is 2.63. The molecule has 0 unspecified atom stereocenters. The number of ether oxygens (including phenoxy) is 3. The van der Waals surface area contributed by atoms with Crippen LogP contribution in [0.4, 0.5) is 5.69 Å². The van der Waals surface area contributed by atoms with Gasteiger partial charge in [0.15, 0.2) is 12.0 Å². The minimum atomic E-state index is -0.440. The molecule has 0 aliphatic carbocycles. The van der Waals surface area contributed by atoms with Gasteiger partial charge in [-0.3, -0.25) is 10.1 Å². The van der Waals surface area contributed by atoms with Crippen LogP contribution < -0.4 is 4.74 Å². The van der Waals surface area contributed by atoms with Gasteiger partial charge in [-0.25, -0.2) is 0 Å². The lowest BCUT2D eigenvalue weighted by Crippen LogP contribution is -2.20. The van der Waals surface area contributed by atoms with Crippen molar-refractivity contribution in [2.24, 2.45) is 0 Å². The summed E-state index contributed by atoms with van der Waals surface area (Å²) in [4.78, 5) is 10.5. The largest absolute Gasteiger partial charge is 0.486 e. The Hall–Kier alpha value is -1.66. The molecule has 6 nitrogen and oxygen atoms in total. The molecule has 0 radical (unpaired) electrons. The summed E-state index contributed by atoms with van der Waals surface area (Å²) in [5.74, 6) is 0.309. The SMILES string of the molecule is CCOC(CCOc1c(C)cccc1[N+](=O)[O-])OCC. The van der Waals surface area contributed by atoms with Gasteiger partial charge in [0.05, 0.1) is 11.5 Å². The highest BCUT2D eigenvalue weighted by atomic mass is 16.7. The lowest BCUT2D eigenvalue weighted by Gasteiger charge is -2.17. The van der Waals surface area contributed by atoms with Crippen LogP contribution in [0, 0.1) is 17.0 Å². The van der Waals surface area contributed by atoms with Crippen LogP contribution in [-0.4, -0.2) is 31.0 Å². The Bertz CT molecular complexity index is 430. The van der Waals surface area contributed by atoms with Gasteiger partial charge in [0.1, 0.15) is 0 Å². The molecule has 20 heavy (non-hydrogen) atoms. The van der Waals surface area contributed by atoms with E-state index in [9.17, 15) is 10.1 Å². The number of nitrogens with zero attached hydrogens (tertiary/aromatic N) is 1. The van der Waals surface area contributed by atoms with Crippen LogP contribution in [0.3, 0.4) is 0 Å². The zero-order valence-corrected chi connectivity index (χ0v) is 12.1. The Morgan fingerprint density at radius 3 is 2.45 bits per heavy atom. The van der Waals surface area contributed by atoms with E-state index >= 15 is 0 Å². The molecule has 0 saturated carbocycles. The van der Waals surface area contributed by atoms with Gasteiger partial charge < -0.3 is 14.2 Å². The average molecular weight is 283 g/mol. The highest BCUT2D eigenvalue weighted by molar-refractivity contribution is 5.51. The summed E-state index contributed by atoms with van der Waals surface area (Å²) in [6.45, 7) is 6.96. The first-order valence-corrected chi connectivity index (χ1v) is 6.70. The van der Waals surface area contributed by atoms with E-state index in [0.29, 0.717) is 32.0 Å². The number of hydrogen-bond acceptors (Lipinski definition) is 5. The van der Waals surface area contributed by atoms with E-state index in [0.717, 1.165) is 5.56 Å². The fourth-order valence-corrected chi connectivity index (χ4v) is 1.81. The lowest BCUT2D eigenvalue weighted by atomic mass is 10.2. The zero-order chi connectivity index (χ0) is 15.0. The van der Waals surface area contributed by atoms with Crippen molar-refractivity contribution in [1.29, 1.82) is 0 Å². The predicted octanol–water partition coefficient (Wildman–Crippen LogP) is 3.07. The van der Waals surface area contributed by atoms with Crippen LogP contribution in [0.2, 0.25) is 0 Å². The maximum atomic E-state index is 11.0. The van der Waals surface area contributed by atoms with Crippen molar-refractivity contribution < 1.29 is 19.1 Å². The van der Waals surface area contributed by atoms with Gasteiger partial charge in [-0.05, 0) is 26.3 Å². The summed E-state index contributed by atoms with van der Waals surface area (Å²) >= 11 is 0. The molecule has 1 aromatic carbocycles. The summed E-state index contributed by atoms with van der Waals surface area (Å²) in [6, 6.07) is 4.86. The topological polar surface area (TPSA) is 70.8 Å². The van der Waals surface area contributed by atoms with E-state index in [4.69, 9.17) is 14.2 Å². The predicted molar refractivity (Wildman–Crippen MR) is 75.0 cm³/mol. The highest BCUT2D eigenvalue weighted by Crippen LogP contribution is 2.30. The Morgan fingerprint density at radius 2 is 1.90 bits per heavy atom. The van der Waals surface area contributed by atoms with Crippen molar-refractivity contribution in [3.8, 4) is 5.75 Å². The number of nitro benzene ring substituents is 1. The molecule has 0 aromatic heterocycles. The van der Waals surface area contributed by atoms with Gasteiger partial charge in [0.25, 0.3) is 0 Å². The van der Waals surface area contributed by atoms with Crippen LogP contribution in [0.5, 0.6) is 5.75 Å². The van der Waals surface area contributed by atoms with Gasteiger partial charge >= 0.3 is 5.69 Å². The van der Waals surface area contributed by atoms with Crippen LogP contribution >= 0.6 is 0 Å². The quantitative estimate of drug-likeness (QED) is 0.395.